The molecule has 0 saturated heterocycles. The highest BCUT2D eigenvalue weighted by atomic mass is 35.5. The molecule has 2 amide bonds. The highest BCUT2D eigenvalue weighted by Gasteiger charge is 2.24. The fourth-order valence-electron chi connectivity index (χ4n) is 2.84. The molecule has 0 aliphatic heterocycles. The first-order valence-corrected chi connectivity index (χ1v) is 9.64. The van der Waals surface area contributed by atoms with Gasteiger partial charge in [-0.25, -0.2) is 9.59 Å². The van der Waals surface area contributed by atoms with Crippen molar-refractivity contribution in [3.63, 3.8) is 0 Å². The van der Waals surface area contributed by atoms with Crippen LogP contribution >= 0.6 is 12.4 Å². The molecule has 1 aromatic heterocycles. The summed E-state index contributed by atoms with van der Waals surface area (Å²) in [6.07, 6.45) is 1.17. The molecule has 0 fully saturated rings. The SMILES string of the molecule is Cc1cc(=O)oc2cc(NC(=O)[C@H](CCCCN)NC(=O)OC(C)(C)C)ccc12.Cl. The number of fused-ring (bicyclic) bond motifs is 1. The van der Waals surface area contributed by atoms with Crippen molar-refractivity contribution in [3.8, 4) is 0 Å². The number of alkyl carbamates (subject to hydrolysis) is 1. The maximum absolute atomic E-state index is 12.8. The van der Waals surface area contributed by atoms with E-state index in [4.69, 9.17) is 14.9 Å². The van der Waals surface area contributed by atoms with Crippen LogP contribution in [-0.4, -0.2) is 30.2 Å². The summed E-state index contributed by atoms with van der Waals surface area (Å²) in [6, 6.07) is 5.72. The number of amides is 2. The first kappa shape index (κ1) is 25.5. The van der Waals surface area contributed by atoms with Gasteiger partial charge in [0.05, 0.1) is 0 Å². The summed E-state index contributed by atoms with van der Waals surface area (Å²) in [6.45, 7) is 7.57. The van der Waals surface area contributed by atoms with Gasteiger partial charge in [-0.1, -0.05) is 0 Å². The Bertz CT molecular complexity index is 936. The average Bonchev–Trinajstić information content (AvgIpc) is 2.58. The third-order valence-electron chi connectivity index (χ3n) is 4.17. The Kier molecular flexibility index (Phi) is 9.32. The summed E-state index contributed by atoms with van der Waals surface area (Å²) in [5.74, 6) is -0.387. The van der Waals surface area contributed by atoms with E-state index in [2.05, 4.69) is 10.6 Å². The molecule has 9 heteroatoms. The molecule has 1 aromatic carbocycles. The van der Waals surface area contributed by atoms with E-state index < -0.39 is 23.4 Å². The summed E-state index contributed by atoms with van der Waals surface area (Å²) < 4.78 is 10.5. The molecule has 2 aromatic rings. The molecule has 0 saturated carbocycles. The van der Waals surface area contributed by atoms with Crippen LogP contribution < -0.4 is 22.0 Å². The summed E-state index contributed by atoms with van der Waals surface area (Å²) in [7, 11) is 0. The number of aryl methyl sites for hydroxylation is 1. The molecule has 0 radical (unpaired) electrons. The summed E-state index contributed by atoms with van der Waals surface area (Å²) in [5, 5.41) is 6.17. The molecule has 0 bridgehead atoms. The van der Waals surface area contributed by atoms with Crippen LogP contribution in [0.25, 0.3) is 11.0 Å². The summed E-state index contributed by atoms with van der Waals surface area (Å²) in [4.78, 5) is 36.5. The van der Waals surface area contributed by atoms with Crippen molar-refractivity contribution in [1.82, 2.24) is 5.32 Å². The van der Waals surface area contributed by atoms with Crippen molar-refractivity contribution in [2.45, 2.75) is 58.6 Å². The zero-order valence-electron chi connectivity index (χ0n) is 17.7. The fraction of sp³-hybridized carbons (Fsp3) is 0.476. The zero-order valence-corrected chi connectivity index (χ0v) is 18.6. The van der Waals surface area contributed by atoms with Crippen molar-refractivity contribution < 1.29 is 18.7 Å². The van der Waals surface area contributed by atoms with Gasteiger partial charge >= 0.3 is 11.7 Å². The Morgan fingerprint density at radius 3 is 2.53 bits per heavy atom. The van der Waals surface area contributed by atoms with Crippen LogP contribution in [0.15, 0.2) is 33.5 Å². The molecule has 4 N–H and O–H groups in total. The largest absolute Gasteiger partial charge is 0.444 e. The molecule has 0 spiro atoms. The molecule has 0 unspecified atom stereocenters. The average molecular weight is 440 g/mol. The van der Waals surface area contributed by atoms with Gasteiger partial charge in [-0.2, -0.15) is 0 Å². The normalized spacial score (nSPS) is 12.0. The Morgan fingerprint density at radius 1 is 1.20 bits per heavy atom. The van der Waals surface area contributed by atoms with Gasteiger partial charge in [-0.3, -0.25) is 4.79 Å². The van der Waals surface area contributed by atoms with E-state index in [-0.39, 0.29) is 18.3 Å². The van der Waals surface area contributed by atoms with E-state index in [9.17, 15) is 14.4 Å². The maximum atomic E-state index is 12.8. The number of carbonyl (C=O) groups is 2. The number of halogens is 1. The second-order valence-electron chi connectivity index (χ2n) is 7.93. The Morgan fingerprint density at radius 2 is 1.90 bits per heavy atom. The molecule has 166 valence electrons. The lowest BCUT2D eigenvalue weighted by atomic mass is 10.1. The number of benzene rings is 1. The van der Waals surface area contributed by atoms with Crippen LogP contribution in [0, 0.1) is 6.92 Å². The van der Waals surface area contributed by atoms with Crippen molar-refractivity contribution in [3.05, 3.63) is 40.2 Å². The number of unbranched alkanes of at least 4 members (excludes halogenated alkanes) is 1. The molecule has 8 nitrogen and oxygen atoms in total. The summed E-state index contributed by atoms with van der Waals surface area (Å²) >= 11 is 0. The minimum Gasteiger partial charge on any atom is -0.444 e. The molecule has 0 aliphatic carbocycles. The van der Waals surface area contributed by atoms with Crippen LogP contribution in [0.5, 0.6) is 0 Å². The van der Waals surface area contributed by atoms with Crippen molar-refractivity contribution in [1.29, 1.82) is 0 Å². The summed E-state index contributed by atoms with van der Waals surface area (Å²) in [5.41, 5.74) is 6.04. The predicted molar refractivity (Wildman–Crippen MR) is 119 cm³/mol. The number of hydrogen-bond donors (Lipinski definition) is 3. The van der Waals surface area contributed by atoms with Crippen LogP contribution in [0.2, 0.25) is 0 Å². The van der Waals surface area contributed by atoms with Gasteiger partial charge in [-0.05, 0) is 71.2 Å². The number of nitrogens with one attached hydrogen (secondary N) is 2. The molecule has 30 heavy (non-hydrogen) atoms. The van der Waals surface area contributed by atoms with E-state index in [0.717, 1.165) is 17.4 Å². The molecular weight excluding hydrogens is 410 g/mol. The van der Waals surface area contributed by atoms with E-state index >= 15 is 0 Å². The second-order valence-corrected chi connectivity index (χ2v) is 7.93. The van der Waals surface area contributed by atoms with Crippen molar-refractivity contribution >= 4 is 41.1 Å². The number of ether oxygens (including phenoxy) is 1. The van der Waals surface area contributed by atoms with E-state index in [1.807, 2.05) is 6.92 Å². The second kappa shape index (κ2) is 11.0. The number of hydrogen-bond acceptors (Lipinski definition) is 6. The molecule has 1 heterocycles. The van der Waals surface area contributed by atoms with Crippen molar-refractivity contribution in [2.75, 3.05) is 11.9 Å². The highest BCUT2D eigenvalue weighted by Crippen LogP contribution is 2.21. The first-order chi connectivity index (χ1) is 13.6. The number of rotatable bonds is 7. The number of anilines is 1. The van der Waals surface area contributed by atoms with Gasteiger partial charge in [0.25, 0.3) is 0 Å². The zero-order chi connectivity index (χ0) is 21.6. The monoisotopic (exact) mass is 439 g/mol. The first-order valence-electron chi connectivity index (χ1n) is 9.64. The van der Waals surface area contributed by atoms with Gasteiger partial charge in [-0.15, -0.1) is 12.4 Å². The highest BCUT2D eigenvalue weighted by molar-refractivity contribution is 5.98. The molecular formula is C21H30ClN3O5. The van der Waals surface area contributed by atoms with Gasteiger partial charge < -0.3 is 25.5 Å². The van der Waals surface area contributed by atoms with Gasteiger partial charge in [0.1, 0.15) is 17.2 Å². The smallest absolute Gasteiger partial charge is 0.408 e. The molecule has 0 aliphatic rings. The lowest BCUT2D eigenvalue weighted by Crippen LogP contribution is -2.45. The lowest BCUT2D eigenvalue weighted by molar-refractivity contribution is -0.118. The van der Waals surface area contributed by atoms with Crippen LogP contribution in [-0.2, 0) is 9.53 Å². The third-order valence-corrected chi connectivity index (χ3v) is 4.17. The predicted octanol–water partition coefficient (Wildman–Crippen LogP) is 3.48. The van der Waals surface area contributed by atoms with Crippen LogP contribution in [0.3, 0.4) is 0 Å². The molecule has 2 rings (SSSR count). The quantitative estimate of drug-likeness (QED) is 0.448. The number of nitrogens with two attached hydrogens (primary N) is 1. The van der Waals surface area contributed by atoms with E-state index in [1.54, 1.807) is 39.0 Å². The third kappa shape index (κ3) is 7.68. The maximum Gasteiger partial charge on any atom is 0.408 e. The fourth-order valence-corrected chi connectivity index (χ4v) is 2.84. The minimum absolute atomic E-state index is 0. The van der Waals surface area contributed by atoms with Crippen molar-refractivity contribution in [2.24, 2.45) is 5.73 Å². The number of carbonyl (C=O) groups excluding carboxylic acids is 2. The minimum atomic E-state index is -0.781. The van der Waals surface area contributed by atoms with Crippen LogP contribution in [0.1, 0.15) is 45.6 Å². The lowest BCUT2D eigenvalue weighted by Gasteiger charge is -2.23. The standard InChI is InChI=1S/C21H29N3O5.ClH/c1-13-11-18(25)28-17-12-14(8-9-15(13)17)23-19(26)16(7-5-6-10-22)24-20(27)29-21(2,3)4;/h8-9,11-12,16H,5-7,10,22H2,1-4H3,(H,23,26)(H,24,27);1H/t16-;/m0./s1. The van der Waals surface area contributed by atoms with Gasteiger partial charge in [0.2, 0.25) is 5.91 Å². The Hall–Kier alpha value is -2.58. The van der Waals surface area contributed by atoms with E-state index in [1.165, 1.54) is 6.07 Å². The topological polar surface area (TPSA) is 124 Å². The van der Waals surface area contributed by atoms with Crippen LogP contribution in [0.4, 0.5) is 10.5 Å². The molecule has 1 atom stereocenters. The Labute approximate surface area is 181 Å². The van der Waals surface area contributed by atoms with Gasteiger partial charge in [0.15, 0.2) is 0 Å². The Balaban J connectivity index is 0.00000450. The van der Waals surface area contributed by atoms with Gasteiger partial charge in [0, 0.05) is 23.2 Å². The van der Waals surface area contributed by atoms with E-state index in [0.29, 0.717) is 30.7 Å².